The lowest BCUT2D eigenvalue weighted by molar-refractivity contribution is 0.0950. The predicted octanol–water partition coefficient (Wildman–Crippen LogP) is 3.10. The van der Waals surface area contributed by atoms with Crippen molar-refractivity contribution in [1.29, 1.82) is 0 Å². The molecule has 0 aliphatic rings. The van der Waals surface area contributed by atoms with E-state index in [4.69, 9.17) is 9.47 Å². The minimum absolute atomic E-state index is 0.0382. The van der Waals surface area contributed by atoms with Crippen LogP contribution in [0.3, 0.4) is 0 Å². The molecule has 2 aromatic rings. The Labute approximate surface area is 137 Å². The average molecular weight is 366 g/mol. The fourth-order valence-electron chi connectivity index (χ4n) is 1.99. The highest BCUT2D eigenvalue weighted by Gasteiger charge is 2.14. The van der Waals surface area contributed by atoms with E-state index in [1.54, 1.807) is 7.11 Å². The number of nitrogens with one attached hydrogen (secondary N) is 1. The summed E-state index contributed by atoms with van der Waals surface area (Å²) in [5.41, 5.74) is 1.26. The lowest BCUT2D eigenvalue weighted by Gasteiger charge is -2.11. The van der Waals surface area contributed by atoms with Gasteiger partial charge in [-0.05, 0) is 34.1 Å². The number of benzene rings is 2. The summed E-state index contributed by atoms with van der Waals surface area (Å²) in [5, 5.41) is 12.6. The van der Waals surface area contributed by atoms with Crippen LogP contribution in [0, 0.1) is 0 Å². The third kappa shape index (κ3) is 3.51. The molecule has 2 rings (SSSR count). The molecule has 0 unspecified atom stereocenters. The number of rotatable bonds is 5. The first-order chi connectivity index (χ1) is 10.6. The number of amides is 1. The topological polar surface area (TPSA) is 67.8 Å². The number of carbonyl (C=O) groups excluding carboxylic acids is 1. The van der Waals surface area contributed by atoms with Crippen LogP contribution in [0.4, 0.5) is 0 Å². The van der Waals surface area contributed by atoms with Crippen molar-refractivity contribution < 1.29 is 19.4 Å². The monoisotopic (exact) mass is 365 g/mol. The molecular weight excluding hydrogens is 350 g/mol. The maximum absolute atomic E-state index is 12.2. The van der Waals surface area contributed by atoms with Crippen LogP contribution in [0.5, 0.6) is 17.2 Å². The van der Waals surface area contributed by atoms with Crippen LogP contribution < -0.4 is 14.8 Å². The summed E-state index contributed by atoms with van der Waals surface area (Å²) in [6.45, 7) is 0.337. The summed E-state index contributed by atoms with van der Waals surface area (Å²) in [7, 11) is 3.01. The molecule has 0 atom stereocenters. The van der Waals surface area contributed by atoms with Crippen LogP contribution in [-0.2, 0) is 6.54 Å². The Hall–Kier alpha value is -2.21. The molecule has 0 bridgehead atoms. The van der Waals surface area contributed by atoms with E-state index >= 15 is 0 Å². The maximum Gasteiger partial charge on any atom is 0.251 e. The van der Waals surface area contributed by atoms with Gasteiger partial charge in [-0.25, -0.2) is 0 Å². The number of phenols is 1. The lowest BCUT2D eigenvalue weighted by Crippen LogP contribution is -2.23. The molecule has 2 N–H and O–H groups in total. The largest absolute Gasteiger partial charge is 0.503 e. The second-order valence-corrected chi connectivity index (χ2v) is 5.36. The number of aromatic hydroxyl groups is 1. The molecule has 0 aliphatic heterocycles. The standard InChI is InChI=1S/C16H16BrNO4/c1-21-13-6-4-3-5-10(13)9-18-16(20)11-7-12(17)15(19)14(8-11)22-2/h3-8,19H,9H2,1-2H3,(H,18,20). The predicted molar refractivity (Wildman–Crippen MR) is 86.5 cm³/mol. The zero-order valence-corrected chi connectivity index (χ0v) is 13.8. The van der Waals surface area contributed by atoms with Gasteiger partial charge in [0.05, 0.1) is 18.7 Å². The Morgan fingerprint density at radius 3 is 2.55 bits per heavy atom. The number of carbonyl (C=O) groups is 1. The second kappa shape index (κ2) is 7.17. The van der Waals surface area contributed by atoms with Gasteiger partial charge < -0.3 is 19.9 Å². The van der Waals surface area contributed by atoms with E-state index in [0.717, 1.165) is 5.56 Å². The van der Waals surface area contributed by atoms with E-state index in [0.29, 0.717) is 22.3 Å². The van der Waals surface area contributed by atoms with Gasteiger partial charge in [0.1, 0.15) is 5.75 Å². The third-order valence-corrected chi connectivity index (χ3v) is 3.75. The van der Waals surface area contributed by atoms with E-state index in [-0.39, 0.29) is 17.4 Å². The Kier molecular flexibility index (Phi) is 5.27. The molecular formula is C16H16BrNO4. The van der Waals surface area contributed by atoms with Crippen molar-refractivity contribution in [2.45, 2.75) is 6.54 Å². The highest BCUT2D eigenvalue weighted by Crippen LogP contribution is 2.35. The van der Waals surface area contributed by atoms with Gasteiger partial charge in [-0.15, -0.1) is 0 Å². The lowest BCUT2D eigenvalue weighted by atomic mass is 10.1. The van der Waals surface area contributed by atoms with Crippen molar-refractivity contribution >= 4 is 21.8 Å². The number of hydrogen-bond acceptors (Lipinski definition) is 4. The smallest absolute Gasteiger partial charge is 0.251 e. The number of para-hydroxylation sites is 1. The average Bonchev–Trinajstić information content (AvgIpc) is 2.55. The van der Waals surface area contributed by atoms with Crippen molar-refractivity contribution in [3.63, 3.8) is 0 Å². The SMILES string of the molecule is COc1ccccc1CNC(=O)c1cc(Br)c(O)c(OC)c1. The number of phenolic OH excluding ortho intramolecular Hbond substituents is 1. The van der Waals surface area contributed by atoms with Gasteiger partial charge in [-0.2, -0.15) is 0 Å². The molecule has 0 fully saturated rings. The molecule has 0 saturated carbocycles. The minimum atomic E-state index is -0.273. The Morgan fingerprint density at radius 1 is 1.18 bits per heavy atom. The summed E-state index contributed by atoms with van der Waals surface area (Å²) >= 11 is 3.19. The zero-order valence-electron chi connectivity index (χ0n) is 12.2. The van der Waals surface area contributed by atoms with Gasteiger partial charge in [0.25, 0.3) is 5.91 Å². The summed E-state index contributed by atoms with van der Waals surface area (Å²) in [5.74, 6) is 0.637. The van der Waals surface area contributed by atoms with Gasteiger partial charge in [-0.3, -0.25) is 4.79 Å². The van der Waals surface area contributed by atoms with E-state index in [9.17, 15) is 9.90 Å². The molecule has 2 aromatic carbocycles. The first-order valence-electron chi connectivity index (χ1n) is 6.53. The van der Waals surface area contributed by atoms with Crippen molar-refractivity contribution in [2.75, 3.05) is 14.2 Å². The molecule has 5 nitrogen and oxygen atoms in total. The fraction of sp³-hybridized carbons (Fsp3) is 0.188. The van der Waals surface area contributed by atoms with E-state index in [1.807, 2.05) is 24.3 Å². The van der Waals surface area contributed by atoms with Gasteiger partial charge in [0.2, 0.25) is 0 Å². The molecule has 0 aromatic heterocycles. The van der Waals surface area contributed by atoms with Gasteiger partial charge in [0, 0.05) is 17.7 Å². The summed E-state index contributed by atoms with van der Waals surface area (Å²) in [6.07, 6.45) is 0. The zero-order chi connectivity index (χ0) is 16.1. The third-order valence-electron chi connectivity index (χ3n) is 3.14. The quantitative estimate of drug-likeness (QED) is 0.854. The first kappa shape index (κ1) is 16.2. The first-order valence-corrected chi connectivity index (χ1v) is 7.32. The molecule has 1 amide bonds. The molecule has 0 radical (unpaired) electrons. The molecule has 22 heavy (non-hydrogen) atoms. The summed E-state index contributed by atoms with van der Waals surface area (Å²) in [6, 6.07) is 10.5. The molecule has 116 valence electrons. The van der Waals surface area contributed by atoms with E-state index in [1.165, 1.54) is 19.2 Å². The van der Waals surface area contributed by atoms with E-state index in [2.05, 4.69) is 21.2 Å². The number of halogens is 1. The molecule has 0 heterocycles. The summed E-state index contributed by atoms with van der Waals surface area (Å²) < 4.78 is 10.7. The summed E-state index contributed by atoms with van der Waals surface area (Å²) in [4.78, 5) is 12.2. The van der Waals surface area contributed by atoms with Crippen LogP contribution in [-0.4, -0.2) is 25.2 Å². The molecule has 0 spiro atoms. The Bertz CT molecular complexity index is 688. The van der Waals surface area contributed by atoms with Crippen molar-refractivity contribution in [1.82, 2.24) is 5.32 Å². The van der Waals surface area contributed by atoms with Crippen LogP contribution >= 0.6 is 15.9 Å². The van der Waals surface area contributed by atoms with Crippen molar-refractivity contribution in [2.24, 2.45) is 0 Å². The highest BCUT2D eigenvalue weighted by molar-refractivity contribution is 9.10. The highest BCUT2D eigenvalue weighted by atomic mass is 79.9. The number of ether oxygens (including phenoxy) is 2. The van der Waals surface area contributed by atoms with Crippen molar-refractivity contribution in [3.8, 4) is 17.2 Å². The van der Waals surface area contributed by atoms with Crippen molar-refractivity contribution in [3.05, 3.63) is 52.0 Å². The number of hydrogen-bond donors (Lipinski definition) is 2. The minimum Gasteiger partial charge on any atom is -0.503 e. The maximum atomic E-state index is 12.2. The van der Waals surface area contributed by atoms with Gasteiger partial charge >= 0.3 is 0 Å². The van der Waals surface area contributed by atoms with Crippen LogP contribution in [0.1, 0.15) is 15.9 Å². The fourth-order valence-corrected chi connectivity index (χ4v) is 2.43. The van der Waals surface area contributed by atoms with Crippen LogP contribution in [0.15, 0.2) is 40.9 Å². The van der Waals surface area contributed by atoms with Crippen LogP contribution in [0.2, 0.25) is 0 Å². The van der Waals surface area contributed by atoms with Gasteiger partial charge in [0.15, 0.2) is 11.5 Å². The molecule has 0 aliphatic carbocycles. The Morgan fingerprint density at radius 2 is 1.86 bits per heavy atom. The van der Waals surface area contributed by atoms with Crippen LogP contribution in [0.25, 0.3) is 0 Å². The molecule has 0 saturated heterocycles. The Balaban J connectivity index is 2.14. The normalized spacial score (nSPS) is 10.1. The number of methoxy groups -OCH3 is 2. The molecule has 6 heteroatoms. The second-order valence-electron chi connectivity index (χ2n) is 4.50. The van der Waals surface area contributed by atoms with E-state index < -0.39 is 0 Å². The van der Waals surface area contributed by atoms with Gasteiger partial charge in [-0.1, -0.05) is 18.2 Å².